The van der Waals surface area contributed by atoms with Crippen molar-refractivity contribution in [1.29, 1.82) is 0 Å². The van der Waals surface area contributed by atoms with E-state index >= 15 is 0 Å². The third-order valence-electron chi connectivity index (χ3n) is 4.87. The first-order valence-electron chi connectivity index (χ1n) is 9.63. The van der Waals surface area contributed by atoms with E-state index < -0.39 is 0 Å². The molecule has 0 aromatic rings. The summed E-state index contributed by atoms with van der Waals surface area (Å²) in [5.41, 5.74) is 11.0. The van der Waals surface area contributed by atoms with Crippen molar-refractivity contribution in [3.8, 4) is 0 Å². The van der Waals surface area contributed by atoms with Crippen LogP contribution < -0.4 is 11.1 Å². The van der Waals surface area contributed by atoms with Crippen molar-refractivity contribution >= 4 is 5.91 Å². The number of nitrogens with one attached hydrogen (secondary N) is 1. The van der Waals surface area contributed by atoms with E-state index in [2.05, 4.69) is 63.4 Å². The molecule has 1 amide bonds. The van der Waals surface area contributed by atoms with Crippen LogP contribution >= 0.6 is 0 Å². The molecule has 0 unspecified atom stereocenters. The topological polar surface area (TPSA) is 55.1 Å². The van der Waals surface area contributed by atoms with Crippen molar-refractivity contribution in [2.45, 2.75) is 60.3 Å². The summed E-state index contributed by atoms with van der Waals surface area (Å²) < 4.78 is 0. The van der Waals surface area contributed by atoms with Gasteiger partial charge in [-0.25, -0.2) is 0 Å². The van der Waals surface area contributed by atoms with Crippen LogP contribution in [-0.2, 0) is 4.79 Å². The average molecular weight is 357 g/mol. The van der Waals surface area contributed by atoms with Crippen molar-refractivity contribution in [2.24, 2.45) is 11.1 Å². The smallest absolute Gasteiger partial charge is 0.221 e. The zero-order chi connectivity index (χ0) is 19.6. The maximum atomic E-state index is 11.3. The van der Waals surface area contributed by atoms with E-state index in [0.29, 0.717) is 19.5 Å². The Kier molecular flexibility index (Phi) is 9.36. The molecule has 144 valence electrons. The standard InChI is InChI=1S/C23H36N2O/c1-18(11-12-21-20(3)10-7-15-23(21,4)5)8-6-9-19(2)14-17-25-22(26)13-16-24/h6,8-9,11-12,14H,7,10,13,15-17,24H2,1-5H3,(H,25,26)/b9-6+,12-11+,18-8+,19-14+. The molecule has 1 aliphatic rings. The Morgan fingerprint density at radius 2 is 1.96 bits per heavy atom. The fourth-order valence-electron chi connectivity index (χ4n) is 3.25. The van der Waals surface area contributed by atoms with Gasteiger partial charge in [0.1, 0.15) is 0 Å². The van der Waals surface area contributed by atoms with Gasteiger partial charge in [-0.15, -0.1) is 0 Å². The SMILES string of the molecule is CC1=C(/C=C/C(C)=C/C=C/C(C)=C/CNC(=O)CCN)C(C)(C)CCC1. The Bertz CT molecular complexity index is 631. The molecule has 0 saturated carbocycles. The van der Waals surface area contributed by atoms with E-state index in [1.54, 1.807) is 0 Å². The Balaban J connectivity index is 2.59. The zero-order valence-electron chi connectivity index (χ0n) is 17.2. The minimum atomic E-state index is -0.00311. The van der Waals surface area contributed by atoms with Crippen molar-refractivity contribution in [3.05, 3.63) is 58.7 Å². The highest BCUT2D eigenvalue weighted by Gasteiger charge is 2.26. The number of carbonyl (C=O) groups excluding carboxylic acids is 1. The number of hydrogen-bond donors (Lipinski definition) is 2. The molecular weight excluding hydrogens is 320 g/mol. The van der Waals surface area contributed by atoms with Gasteiger partial charge in [-0.3, -0.25) is 4.79 Å². The molecule has 0 heterocycles. The van der Waals surface area contributed by atoms with E-state index in [-0.39, 0.29) is 11.3 Å². The van der Waals surface area contributed by atoms with Gasteiger partial charge in [-0.2, -0.15) is 0 Å². The number of hydrogen-bond acceptors (Lipinski definition) is 2. The molecule has 3 nitrogen and oxygen atoms in total. The van der Waals surface area contributed by atoms with Gasteiger partial charge in [0.05, 0.1) is 0 Å². The highest BCUT2D eigenvalue weighted by atomic mass is 16.1. The molecule has 0 spiro atoms. The molecule has 0 aromatic carbocycles. The third kappa shape index (κ3) is 8.01. The van der Waals surface area contributed by atoms with Crippen molar-refractivity contribution in [1.82, 2.24) is 5.32 Å². The maximum absolute atomic E-state index is 11.3. The summed E-state index contributed by atoms with van der Waals surface area (Å²) in [5, 5.41) is 2.82. The molecule has 0 aliphatic heterocycles. The number of allylic oxidation sites excluding steroid dienone is 9. The van der Waals surface area contributed by atoms with Crippen LogP contribution in [0.15, 0.2) is 58.7 Å². The molecule has 0 fully saturated rings. The minimum absolute atomic E-state index is 0.00311. The molecule has 0 bridgehead atoms. The van der Waals surface area contributed by atoms with Crippen molar-refractivity contribution in [3.63, 3.8) is 0 Å². The van der Waals surface area contributed by atoms with Gasteiger partial charge in [-0.1, -0.05) is 67.0 Å². The summed E-state index contributed by atoms with van der Waals surface area (Å²) in [6, 6.07) is 0. The van der Waals surface area contributed by atoms with Crippen LogP contribution in [0.25, 0.3) is 0 Å². The van der Waals surface area contributed by atoms with Gasteiger partial charge in [0.2, 0.25) is 5.91 Å². The first-order valence-corrected chi connectivity index (χ1v) is 9.63. The highest BCUT2D eigenvalue weighted by Crippen LogP contribution is 2.40. The van der Waals surface area contributed by atoms with E-state index in [4.69, 9.17) is 5.73 Å². The molecule has 26 heavy (non-hydrogen) atoms. The van der Waals surface area contributed by atoms with Crippen LogP contribution in [0, 0.1) is 5.41 Å². The van der Waals surface area contributed by atoms with Crippen molar-refractivity contribution < 1.29 is 4.79 Å². The first kappa shape index (κ1) is 22.2. The predicted molar refractivity (Wildman–Crippen MR) is 113 cm³/mol. The van der Waals surface area contributed by atoms with E-state index in [1.807, 2.05) is 13.0 Å². The number of nitrogens with two attached hydrogens (primary N) is 1. The number of amides is 1. The second-order valence-corrected chi connectivity index (χ2v) is 7.83. The highest BCUT2D eigenvalue weighted by molar-refractivity contribution is 5.76. The van der Waals surface area contributed by atoms with Crippen LogP contribution in [-0.4, -0.2) is 19.0 Å². The Morgan fingerprint density at radius 3 is 2.62 bits per heavy atom. The zero-order valence-corrected chi connectivity index (χ0v) is 17.2. The average Bonchev–Trinajstić information content (AvgIpc) is 2.54. The van der Waals surface area contributed by atoms with Gasteiger partial charge < -0.3 is 11.1 Å². The lowest BCUT2D eigenvalue weighted by Gasteiger charge is -2.32. The van der Waals surface area contributed by atoms with Crippen LogP contribution in [0.4, 0.5) is 0 Å². The predicted octanol–water partition coefficient (Wildman–Crippen LogP) is 4.98. The molecule has 0 atom stereocenters. The minimum Gasteiger partial charge on any atom is -0.353 e. The van der Waals surface area contributed by atoms with Crippen LogP contribution in [0.1, 0.15) is 60.3 Å². The van der Waals surface area contributed by atoms with Crippen LogP contribution in [0.2, 0.25) is 0 Å². The van der Waals surface area contributed by atoms with Crippen LogP contribution in [0.3, 0.4) is 0 Å². The second kappa shape index (κ2) is 11.0. The number of rotatable bonds is 8. The molecule has 0 saturated heterocycles. The maximum Gasteiger partial charge on any atom is 0.221 e. The van der Waals surface area contributed by atoms with Gasteiger partial charge in [0, 0.05) is 19.5 Å². The molecule has 0 radical (unpaired) electrons. The summed E-state index contributed by atoms with van der Waals surface area (Å²) in [5.74, 6) is -0.00311. The molecule has 3 N–H and O–H groups in total. The largest absolute Gasteiger partial charge is 0.353 e. The molecule has 1 aliphatic carbocycles. The second-order valence-electron chi connectivity index (χ2n) is 7.83. The summed E-state index contributed by atoms with van der Waals surface area (Å²) in [6.07, 6.45) is 16.9. The molecule has 0 aromatic heterocycles. The third-order valence-corrected chi connectivity index (χ3v) is 4.87. The quantitative estimate of drug-likeness (QED) is 0.602. The Hall–Kier alpha value is -1.87. The molecule has 3 heteroatoms. The molecule has 1 rings (SSSR count). The Morgan fingerprint density at radius 1 is 1.23 bits per heavy atom. The van der Waals surface area contributed by atoms with Gasteiger partial charge in [0.15, 0.2) is 0 Å². The van der Waals surface area contributed by atoms with Gasteiger partial charge in [-0.05, 0) is 51.0 Å². The molecular formula is C23H36N2O. The Labute approximate surface area is 159 Å². The van der Waals surface area contributed by atoms with E-state index in [9.17, 15) is 4.79 Å². The summed E-state index contributed by atoms with van der Waals surface area (Å²) in [6.45, 7) is 12.0. The lowest BCUT2D eigenvalue weighted by molar-refractivity contribution is -0.120. The monoisotopic (exact) mass is 356 g/mol. The first-order chi connectivity index (χ1) is 12.3. The normalized spacial score (nSPS) is 18.8. The summed E-state index contributed by atoms with van der Waals surface area (Å²) in [7, 11) is 0. The van der Waals surface area contributed by atoms with Gasteiger partial charge >= 0.3 is 0 Å². The van der Waals surface area contributed by atoms with Gasteiger partial charge in [0.25, 0.3) is 0 Å². The fourth-order valence-corrected chi connectivity index (χ4v) is 3.25. The van der Waals surface area contributed by atoms with E-state index in [0.717, 1.165) is 5.57 Å². The lowest BCUT2D eigenvalue weighted by atomic mass is 9.72. The van der Waals surface area contributed by atoms with E-state index in [1.165, 1.54) is 36.0 Å². The fraction of sp³-hybridized carbons (Fsp3) is 0.522. The lowest BCUT2D eigenvalue weighted by Crippen LogP contribution is -2.25. The van der Waals surface area contributed by atoms with Crippen molar-refractivity contribution in [2.75, 3.05) is 13.1 Å². The summed E-state index contributed by atoms with van der Waals surface area (Å²) in [4.78, 5) is 11.3. The summed E-state index contributed by atoms with van der Waals surface area (Å²) >= 11 is 0. The number of carbonyl (C=O) groups is 1. The van der Waals surface area contributed by atoms with Crippen LogP contribution in [0.5, 0.6) is 0 Å².